The molecule has 0 saturated carbocycles. The minimum Gasteiger partial charge on any atom is -0.323 e. The largest absolute Gasteiger partial charge is 0.323 e. The summed E-state index contributed by atoms with van der Waals surface area (Å²) in [5.41, 5.74) is 0. The summed E-state index contributed by atoms with van der Waals surface area (Å²) in [5.74, 6) is 0.146. The average Bonchev–Trinajstić information content (AvgIpc) is 2.74. The van der Waals surface area contributed by atoms with Crippen LogP contribution in [0.2, 0.25) is 0 Å². The summed E-state index contributed by atoms with van der Waals surface area (Å²) in [6.45, 7) is 2.38. The Morgan fingerprint density at radius 2 is 0.968 bits per heavy atom. The SMILES string of the molecule is CCCCCCCCCCCCCOS(=O)(=O)CCCCCCCCCCF.CNC. The van der Waals surface area contributed by atoms with Crippen LogP contribution >= 0.6 is 0 Å². The van der Waals surface area contributed by atoms with E-state index in [-0.39, 0.29) is 12.4 Å². The van der Waals surface area contributed by atoms with Gasteiger partial charge in [0.2, 0.25) is 0 Å². The Bertz CT molecular complexity index is 419. The lowest BCUT2D eigenvalue weighted by Crippen LogP contribution is -2.11. The number of hydrogen-bond donors (Lipinski definition) is 1. The molecular formula is C25H54FNO3S. The van der Waals surface area contributed by atoms with E-state index in [1.54, 1.807) is 0 Å². The van der Waals surface area contributed by atoms with Crippen molar-refractivity contribution in [1.82, 2.24) is 5.32 Å². The van der Waals surface area contributed by atoms with E-state index in [1.165, 1.54) is 57.8 Å². The molecular weight excluding hydrogens is 413 g/mol. The molecule has 31 heavy (non-hydrogen) atoms. The van der Waals surface area contributed by atoms with Gasteiger partial charge in [0.15, 0.2) is 0 Å². The molecule has 0 rings (SSSR count). The summed E-state index contributed by atoms with van der Waals surface area (Å²) < 4.78 is 40.8. The second kappa shape index (κ2) is 27.8. The minimum atomic E-state index is -3.34. The van der Waals surface area contributed by atoms with E-state index in [4.69, 9.17) is 4.18 Å². The summed E-state index contributed by atoms with van der Waals surface area (Å²) in [6.07, 6.45) is 21.4. The quantitative estimate of drug-likeness (QED) is 0.124. The third-order valence-electron chi connectivity index (χ3n) is 5.29. The van der Waals surface area contributed by atoms with Gasteiger partial charge in [0.05, 0.1) is 19.0 Å². The molecule has 0 aromatic rings. The Balaban J connectivity index is 0. The molecule has 0 bridgehead atoms. The normalized spacial score (nSPS) is 11.4. The van der Waals surface area contributed by atoms with E-state index in [9.17, 15) is 12.8 Å². The van der Waals surface area contributed by atoms with Crippen LogP contribution in [0, 0.1) is 0 Å². The van der Waals surface area contributed by atoms with Crippen molar-refractivity contribution in [3.8, 4) is 0 Å². The van der Waals surface area contributed by atoms with Crippen LogP contribution in [-0.2, 0) is 14.3 Å². The summed E-state index contributed by atoms with van der Waals surface area (Å²) in [6, 6.07) is 0. The maximum absolute atomic E-state index is 12.0. The van der Waals surface area contributed by atoms with Crippen molar-refractivity contribution in [3.05, 3.63) is 0 Å². The maximum Gasteiger partial charge on any atom is 0.267 e. The minimum absolute atomic E-state index is 0.146. The topological polar surface area (TPSA) is 55.4 Å². The van der Waals surface area contributed by atoms with Gasteiger partial charge in [-0.2, -0.15) is 8.42 Å². The lowest BCUT2D eigenvalue weighted by Gasteiger charge is -2.06. The first-order valence-electron chi connectivity index (χ1n) is 13.1. The molecule has 0 saturated heterocycles. The van der Waals surface area contributed by atoms with Crippen molar-refractivity contribution in [3.63, 3.8) is 0 Å². The van der Waals surface area contributed by atoms with E-state index >= 15 is 0 Å². The predicted octanol–water partition coefficient (Wildman–Crippen LogP) is 7.57. The van der Waals surface area contributed by atoms with E-state index in [1.807, 2.05) is 14.1 Å². The van der Waals surface area contributed by atoms with Gasteiger partial charge in [0.25, 0.3) is 10.1 Å². The van der Waals surface area contributed by atoms with Crippen LogP contribution in [0.1, 0.15) is 129 Å². The average molecular weight is 468 g/mol. The van der Waals surface area contributed by atoms with Crippen LogP contribution in [0.5, 0.6) is 0 Å². The highest BCUT2D eigenvalue weighted by atomic mass is 32.2. The zero-order valence-corrected chi connectivity index (χ0v) is 21.9. The molecule has 190 valence electrons. The van der Waals surface area contributed by atoms with Gasteiger partial charge in [0, 0.05) is 0 Å². The van der Waals surface area contributed by atoms with E-state index in [2.05, 4.69) is 12.2 Å². The van der Waals surface area contributed by atoms with Crippen molar-refractivity contribution in [1.29, 1.82) is 0 Å². The molecule has 0 amide bonds. The Morgan fingerprint density at radius 1 is 0.613 bits per heavy atom. The van der Waals surface area contributed by atoms with Gasteiger partial charge in [-0.15, -0.1) is 0 Å². The van der Waals surface area contributed by atoms with Crippen molar-refractivity contribution in [2.45, 2.75) is 129 Å². The second-order valence-corrected chi connectivity index (χ2v) is 10.4. The predicted molar refractivity (Wildman–Crippen MR) is 134 cm³/mol. The van der Waals surface area contributed by atoms with Gasteiger partial charge in [-0.1, -0.05) is 110 Å². The zero-order chi connectivity index (χ0) is 23.5. The highest BCUT2D eigenvalue weighted by Gasteiger charge is 2.10. The molecule has 0 atom stereocenters. The second-order valence-electron chi connectivity index (χ2n) is 8.64. The van der Waals surface area contributed by atoms with E-state index < -0.39 is 10.1 Å². The lowest BCUT2D eigenvalue weighted by atomic mass is 10.1. The highest BCUT2D eigenvalue weighted by molar-refractivity contribution is 7.86. The van der Waals surface area contributed by atoms with Crippen LogP contribution in [0.4, 0.5) is 4.39 Å². The smallest absolute Gasteiger partial charge is 0.267 e. The number of unbranched alkanes of at least 4 members (excludes halogenated alkanes) is 17. The van der Waals surface area contributed by atoms with Crippen molar-refractivity contribution < 1.29 is 17.0 Å². The molecule has 4 nitrogen and oxygen atoms in total. The lowest BCUT2D eigenvalue weighted by molar-refractivity contribution is 0.305. The molecule has 0 fully saturated rings. The summed E-state index contributed by atoms with van der Waals surface area (Å²) in [4.78, 5) is 0. The molecule has 0 aliphatic heterocycles. The number of nitrogens with one attached hydrogen (secondary N) is 1. The molecule has 0 aliphatic carbocycles. The van der Waals surface area contributed by atoms with Gasteiger partial charge < -0.3 is 5.32 Å². The van der Waals surface area contributed by atoms with Crippen LogP contribution in [0.3, 0.4) is 0 Å². The highest BCUT2D eigenvalue weighted by Crippen LogP contribution is 2.12. The number of hydrogen-bond acceptors (Lipinski definition) is 4. The molecule has 6 heteroatoms. The fourth-order valence-corrected chi connectivity index (χ4v) is 4.49. The van der Waals surface area contributed by atoms with Gasteiger partial charge in [0.1, 0.15) is 0 Å². The molecule has 1 N–H and O–H groups in total. The Morgan fingerprint density at radius 3 is 1.39 bits per heavy atom. The van der Waals surface area contributed by atoms with Crippen LogP contribution in [0.25, 0.3) is 0 Å². The molecule has 0 heterocycles. The molecule has 0 radical (unpaired) electrons. The van der Waals surface area contributed by atoms with Crippen molar-refractivity contribution in [2.75, 3.05) is 33.1 Å². The van der Waals surface area contributed by atoms with Gasteiger partial charge in [-0.3, -0.25) is 8.57 Å². The van der Waals surface area contributed by atoms with Crippen molar-refractivity contribution >= 4 is 10.1 Å². The monoisotopic (exact) mass is 467 g/mol. The fourth-order valence-electron chi connectivity index (χ4n) is 3.45. The van der Waals surface area contributed by atoms with Gasteiger partial charge >= 0.3 is 0 Å². The zero-order valence-electron chi connectivity index (χ0n) is 21.1. The van der Waals surface area contributed by atoms with Gasteiger partial charge in [-0.25, -0.2) is 0 Å². The molecule has 0 spiro atoms. The number of halogens is 1. The van der Waals surface area contributed by atoms with E-state index in [0.717, 1.165) is 51.4 Å². The molecule has 0 unspecified atom stereocenters. The third kappa shape index (κ3) is 32.1. The summed E-state index contributed by atoms with van der Waals surface area (Å²) in [5, 5.41) is 2.75. The third-order valence-corrected chi connectivity index (χ3v) is 6.60. The Labute approximate surface area is 194 Å². The first kappa shape index (κ1) is 33.0. The van der Waals surface area contributed by atoms with Crippen LogP contribution in [-0.4, -0.2) is 41.5 Å². The van der Waals surface area contributed by atoms with E-state index in [0.29, 0.717) is 19.4 Å². The fraction of sp³-hybridized carbons (Fsp3) is 1.00. The summed E-state index contributed by atoms with van der Waals surface area (Å²) >= 11 is 0. The van der Waals surface area contributed by atoms with Crippen molar-refractivity contribution in [2.24, 2.45) is 0 Å². The standard InChI is InChI=1S/C23H47FO3S.C2H7N/c1-2-3-4-5-6-7-8-10-13-16-19-22-27-28(25,26)23-20-17-14-11-9-12-15-18-21-24;1-3-2/h2-23H2,1H3;3H,1-2H3. The van der Waals surface area contributed by atoms with Crippen LogP contribution in [0.15, 0.2) is 0 Å². The molecule has 0 aromatic heterocycles. The van der Waals surface area contributed by atoms with Crippen LogP contribution < -0.4 is 5.32 Å². The Kier molecular flexibility index (Phi) is 29.6. The molecule has 0 aliphatic rings. The number of rotatable bonds is 23. The van der Waals surface area contributed by atoms with Gasteiger partial charge in [-0.05, 0) is 33.4 Å². The number of alkyl halides is 1. The first-order valence-corrected chi connectivity index (χ1v) is 14.6. The Hall–Kier alpha value is -0.200. The first-order chi connectivity index (χ1) is 15.0. The summed E-state index contributed by atoms with van der Waals surface area (Å²) in [7, 11) is 0.409. The maximum atomic E-state index is 12.0. The molecule has 0 aromatic carbocycles.